The van der Waals surface area contributed by atoms with Crippen molar-refractivity contribution in [3.63, 3.8) is 0 Å². The number of rotatable bonds is 5. The van der Waals surface area contributed by atoms with E-state index in [1.807, 2.05) is 23.6 Å². The maximum atomic E-state index is 11.3. The molecule has 0 amide bonds. The van der Waals surface area contributed by atoms with E-state index in [1.165, 1.54) is 23.5 Å². The quantitative estimate of drug-likeness (QED) is 0.739. The number of hydrogen-bond acceptors (Lipinski definition) is 6. The lowest BCUT2D eigenvalue weighted by Gasteiger charge is -2.08. The molecule has 0 saturated carbocycles. The molecule has 0 aliphatic rings. The number of ether oxygens (including phenoxy) is 2. The van der Waals surface area contributed by atoms with Crippen molar-refractivity contribution in [2.75, 3.05) is 14.2 Å². The van der Waals surface area contributed by atoms with Crippen molar-refractivity contribution in [2.45, 2.75) is 4.90 Å². The van der Waals surface area contributed by atoms with Gasteiger partial charge in [0, 0.05) is 16.5 Å². The highest BCUT2D eigenvalue weighted by Crippen LogP contribution is 2.35. The first-order valence-corrected chi connectivity index (χ1v) is 9.66. The molecule has 0 spiro atoms. The smallest absolute Gasteiger partial charge is 0.238 e. The van der Waals surface area contributed by atoms with Gasteiger partial charge < -0.3 is 9.47 Å². The molecule has 3 rings (SSSR count). The molecule has 1 heterocycles. The zero-order chi connectivity index (χ0) is 18.0. The van der Waals surface area contributed by atoms with Gasteiger partial charge in [-0.1, -0.05) is 12.1 Å². The van der Waals surface area contributed by atoms with E-state index >= 15 is 0 Å². The minimum Gasteiger partial charge on any atom is -0.493 e. The lowest BCUT2D eigenvalue weighted by Crippen LogP contribution is -2.11. The molecule has 8 heteroatoms. The summed E-state index contributed by atoms with van der Waals surface area (Å²) in [5.74, 6) is 1.29. The van der Waals surface area contributed by atoms with Gasteiger partial charge in [-0.2, -0.15) is 0 Å². The fourth-order valence-corrected chi connectivity index (χ4v) is 3.67. The third-order valence-corrected chi connectivity index (χ3v) is 5.43. The zero-order valence-electron chi connectivity index (χ0n) is 13.6. The predicted molar refractivity (Wildman–Crippen MR) is 97.5 cm³/mol. The second-order valence-corrected chi connectivity index (χ2v) is 7.60. The Hall–Kier alpha value is -2.42. The van der Waals surface area contributed by atoms with Crippen LogP contribution in [0.15, 0.2) is 52.7 Å². The fourth-order valence-electron chi connectivity index (χ4n) is 2.32. The first-order chi connectivity index (χ1) is 11.9. The number of nitrogens with two attached hydrogens (primary N) is 1. The molecule has 25 heavy (non-hydrogen) atoms. The normalized spacial score (nSPS) is 11.3. The Kier molecular flexibility index (Phi) is 4.76. The Morgan fingerprint density at radius 2 is 1.60 bits per heavy atom. The van der Waals surface area contributed by atoms with E-state index in [-0.39, 0.29) is 4.90 Å². The Morgan fingerprint density at radius 1 is 0.960 bits per heavy atom. The Balaban J connectivity index is 1.92. The lowest BCUT2D eigenvalue weighted by atomic mass is 10.2. The van der Waals surface area contributed by atoms with Gasteiger partial charge in [0.25, 0.3) is 0 Å². The standard InChI is InChI=1S/C17H16N2O4S2/c1-22-15-8-5-12(9-16(15)23-2)17-19-14(10-24-17)11-3-6-13(7-4-11)25(18,20)21/h3-10H,1-2H3,(H2,18,20,21). The summed E-state index contributed by atoms with van der Waals surface area (Å²) >= 11 is 1.49. The van der Waals surface area contributed by atoms with E-state index in [0.717, 1.165) is 21.8 Å². The topological polar surface area (TPSA) is 91.5 Å². The van der Waals surface area contributed by atoms with Crippen LogP contribution in [0.1, 0.15) is 0 Å². The summed E-state index contributed by atoms with van der Waals surface area (Å²) < 4.78 is 33.2. The number of primary sulfonamides is 1. The number of hydrogen-bond donors (Lipinski definition) is 1. The Bertz CT molecular complexity index is 996. The summed E-state index contributed by atoms with van der Waals surface area (Å²) in [5.41, 5.74) is 2.49. The largest absolute Gasteiger partial charge is 0.493 e. The SMILES string of the molecule is COc1ccc(-c2nc(-c3ccc(S(N)(=O)=O)cc3)cs2)cc1OC. The van der Waals surface area contributed by atoms with Gasteiger partial charge in [0.05, 0.1) is 24.8 Å². The molecule has 0 aliphatic heterocycles. The molecule has 3 aromatic rings. The zero-order valence-corrected chi connectivity index (χ0v) is 15.2. The van der Waals surface area contributed by atoms with Crippen molar-refractivity contribution >= 4 is 21.4 Å². The molecule has 2 N–H and O–H groups in total. The van der Waals surface area contributed by atoms with Crippen LogP contribution < -0.4 is 14.6 Å². The predicted octanol–water partition coefficient (Wildman–Crippen LogP) is 3.14. The monoisotopic (exact) mass is 376 g/mol. The molecule has 0 atom stereocenters. The second kappa shape index (κ2) is 6.83. The van der Waals surface area contributed by atoms with Crippen LogP contribution in [0.3, 0.4) is 0 Å². The van der Waals surface area contributed by atoms with Crippen LogP contribution in [0.4, 0.5) is 0 Å². The van der Waals surface area contributed by atoms with Crippen LogP contribution in [0, 0.1) is 0 Å². The number of methoxy groups -OCH3 is 2. The average molecular weight is 376 g/mol. The summed E-state index contributed by atoms with van der Waals surface area (Å²) in [6.45, 7) is 0. The van der Waals surface area contributed by atoms with Crippen molar-refractivity contribution in [2.24, 2.45) is 5.14 Å². The van der Waals surface area contributed by atoms with Crippen molar-refractivity contribution in [3.05, 3.63) is 47.8 Å². The van der Waals surface area contributed by atoms with E-state index in [0.29, 0.717) is 11.5 Å². The molecule has 0 radical (unpaired) electrons. The first kappa shape index (κ1) is 17.4. The third-order valence-electron chi connectivity index (χ3n) is 3.61. The Morgan fingerprint density at radius 3 is 2.20 bits per heavy atom. The first-order valence-electron chi connectivity index (χ1n) is 7.23. The molecule has 0 fully saturated rings. The molecular weight excluding hydrogens is 360 g/mol. The van der Waals surface area contributed by atoms with Crippen LogP contribution >= 0.6 is 11.3 Å². The van der Waals surface area contributed by atoms with Gasteiger partial charge in [-0.15, -0.1) is 11.3 Å². The van der Waals surface area contributed by atoms with E-state index in [2.05, 4.69) is 4.98 Å². The molecule has 0 saturated heterocycles. The summed E-state index contributed by atoms with van der Waals surface area (Å²) in [5, 5.41) is 7.85. The van der Waals surface area contributed by atoms with Crippen molar-refractivity contribution in [1.29, 1.82) is 0 Å². The third kappa shape index (κ3) is 3.65. The summed E-state index contributed by atoms with van der Waals surface area (Å²) in [4.78, 5) is 4.69. The molecule has 6 nitrogen and oxygen atoms in total. The van der Waals surface area contributed by atoms with Crippen molar-refractivity contribution in [3.8, 4) is 33.3 Å². The van der Waals surface area contributed by atoms with Gasteiger partial charge in [0.2, 0.25) is 10.0 Å². The number of benzene rings is 2. The number of thiazole rings is 1. The van der Waals surface area contributed by atoms with Crippen LogP contribution in [0.5, 0.6) is 11.5 Å². The average Bonchev–Trinajstić information content (AvgIpc) is 3.10. The summed E-state index contributed by atoms with van der Waals surface area (Å²) in [6, 6.07) is 11.9. The second-order valence-electron chi connectivity index (χ2n) is 5.18. The fraction of sp³-hybridized carbons (Fsp3) is 0.118. The van der Waals surface area contributed by atoms with Crippen molar-refractivity contribution in [1.82, 2.24) is 4.98 Å². The lowest BCUT2D eigenvalue weighted by molar-refractivity contribution is 0.355. The van der Waals surface area contributed by atoms with Crippen LogP contribution in [-0.4, -0.2) is 27.6 Å². The van der Waals surface area contributed by atoms with E-state index in [4.69, 9.17) is 14.6 Å². The maximum absolute atomic E-state index is 11.3. The number of sulfonamides is 1. The summed E-state index contributed by atoms with van der Waals surface area (Å²) in [7, 11) is -0.525. The number of nitrogens with zero attached hydrogens (tertiary/aromatic N) is 1. The minimum atomic E-state index is -3.70. The van der Waals surface area contributed by atoms with E-state index < -0.39 is 10.0 Å². The van der Waals surface area contributed by atoms with Gasteiger partial charge in [-0.05, 0) is 30.3 Å². The molecule has 0 unspecified atom stereocenters. The highest BCUT2D eigenvalue weighted by Gasteiger charge is 2.12. The van der Waals surface area contributed by atoms with Gasteiger partial charge in [0.1, 0.15) is 5.01 Å². The highest BCUT2D eigenvalue weighted by atomic mass is 32.2. The Labute approximate surface area is 149 Å². The minimum absolute atomic E-state index is 0.0755. The molecular formula is C17H16N2O4S2. The van der Waals surface area contributed by atoms with Gasteiger partial charge >= 0.3 is 0 Å². The van der Waals surface area contributed by atoms with Gasteiger partial charge in [-0.3, -0.25) is 0 Å². The van der Waals surface area contributed by atoms with Crippen LogP contribution in [-0.2, 0) is 10.0 Å². The highest BCUT2D eigenvalue weighted by molar-refractivity contribution is 7.89. The van der Waals surface area contributed by atoms with E-state index in [9.17, 15) is 8.42 Å². The summed E-state index contributed by atoms with van der Waals surface area (Å²) in [6.07, 6.45) is 0. The van der Waals surface area contributed by atoms with Crippen LogP contribution in [0.25, 0.3) is 21.8 Å². The molecule has 2 aromatic carbocycles. The maximum Gasteiger partial charge on any atom is 0.238 e. The van der Waals surface area contributed by atoms with Gasteiger partial charge in [-0.25, -0.2) is 18.5 Å². The molecule has 0 aliphatic carbocycles. The van der Waals surface area contributed by atoms with Crippen LogP contribution in [0.2, 0.25) is 0 Å². The molecule has 130 valence electrons. The van der Waals surface area contributed by atoms with Gasteiger partial charge in [0.15, 0.2) is 11.5 Å². The van der Waals surface area contributed by atoms with Crippen molar-refractivity contribution < 1.29 is 17.9 Å². The molecule has 1 aromatic heterocycles. The molecule has 0 bridgehead atoms. The van der Waals surface area contributed by atoms with E-state index in [1.54, 1.807) is 26.4 Å². The number of aromatic nitrogens is 1.